The van der Waals surface area contributed by atoms with Crippen molar-refractivity contribution in [3.63, 3.8) is 0 Å². The first-order valence-electron chi connectivity index (χ1n) is 5.21. The van der Waals surface area contributed by atoms with E-state index in [2.05, 4.69) is 27.8 Å². The molecule has 0 amide bonds. The zero-order chi connectivity index (χ0) is 11.2. The van der Waals surface area contributed by atoms with E-state index in [1.165, 1.54) is 5.56 Å². The Balaban J connectivity index is 2.02. The van der Waals surface area contributed by atoms with Crippen LogP contribution in [0.25, 0.3) is 6.08 Å². The van der Waals surface area contributed by atoms with Crippen LogP contribution in [0.15, 0.2) is 43.4 Å². The van der Waals surface area contributed by atoms with Gasteiger partial charge in [0.15, 0.2) is 0 Å². The van der Waals surface area contributed by atoms with Gasteiger partial charge in [0.25, 0.3) is 0 Å². The minimum absolute atomic E-state index is 0.875. The van der Waals surface area contributed by atoms with Gasteiger partial charge in [-0.3, -0.25) is 4.98 Å². The molecular formula is C13H13N3. The molecular weight excluding hydrogens is 198 g/mol. The highest BCUT2D eigenvalue weighted by Crippen LogP contribution is 2.06. The Labute approximate surface area is 94.9 Å². The van der Waals surface area contributed by atoms with E-state index in [4.69, 9.17) is 0 Å². The highest BCUT2D eigenvalue weighted by molar-refractivity contribution is 5.45. The van der Waals surface area contributed by atoms with Gasteiger partial charge in [-0.15, -0.1) is 0 Å². The molecule has 3 nitrogen and oxygen atoms in total. The molecule has 2 heterocycles. The lowest BCUT2D eigenvalue weighted by molar-refractivity contribution is 0.854. The molecule has 0 radical (unpaired) electrons. The van der Waals surface area contributed by atoms with Gasteiger partial charge >= 0.3 is 0 Å². The molecule has 0 aliphatic heterocycles. The smallest absolute Gasteiger partial charge is 0.0640 e. The van der Waals surface area contributed by atoms with E-state index in [1.54, 1.807) is 18.5 Å². The number of nitrogens with zero attached hydrogens (tertiary/aromatic N) is 3. The molecule has 0 atom stereocenters. The quantitative estimate of drug-likeness (QED) is 0.778. The SMILES string of the molecule is C=Cc1cnnc(CCc2cccnc2)c1. The number of rotatable bonds is 4. The third-order valence-electron chi connectivity index (χ3n) is 2.35. The van der Waals surface area contributed by atoms with Crippen LogP contribution < -0.4 is 0 Å². The summed E-state index contributed by atoms with van der Waals surface area (Å²) in [4.78, 5) is 4.08. The summed E-state index contributed by atoms with van der Waals surface area (Å²) >= 11 is 0. The summed E-state index contributed by atoms with van der Waals surface area (Å²) in [7, 11) is 0. The van der Waals surface area contributed by atoms with Crippen LogP contribution in [0.4, 0.5) is 0 Å². The van der Waals surface area contributed by atoms with Gasteiger partial charge in [0.1, 0.15) is 0 Å². The van der Waals surface area contributed by atoms with Crippen molar-refractivity contribution in [1.29, 1.82) is 0 Å². The van der Waals surface area contributed by atoms with Gasteiger partial charge in [-0.05, 0) is 36.1 Å². The molecule has 16 heavy (non-hydrogen) atoms. The van der Waals surface area contributed by atoms with E-state index in [9.17, 15) is 0 Å². The Morgan fingerprint density at radius 1 is 1.25 bits per heavy atom. The van der Waals surface area contributed by atoms with Crippen LogP contribution in [0.1, 0.15) is 16.8 Å². The van der Waals surface area contributed by atoms with Crippen molar-refractivity contribution in [1.82, 2.24) is 15.2 Å². The number of aryl methyl sites for hydroxylation is 2. The van der Waals surface area contributed by atoms with Crippen molar-refractivity contribution in [2.75, 3.05) is 0 Å². The van der Waals surface area contributed by atoms with Crippen molar-refractivity contribution in [3.8, 4) is 0 Å². The topological polar surface area (TPSA) is 38.7 Å². The largest absolute Gasteiger partial charge is 0.264 e. The second-order valence-corrected chi connectivity index (χ2v) is 3.55. The second kappa shape index (κ2) is 5.16. The van der Waals surface area contributed by atoms with Crippen molar-refractivity contribution in [2.45, 2.75) is 12.8 Å². The highest BCUT2D eigenvalue weighted by Gasteiger charge is 1.98. The molecule has 0 aromatic carbocycles. The Hall–Kier alpha value is -2.03. The molecule has 80 valence electrons. The van der Waals surface area contributed by atoms with Crippen LogP contribution in [0, 0.1) is 0 Å². The van der Waals surface area contributed by atoms with Gasteiger partial charge in [0.05, 0.1) is 11.9 Å². The van der Waals surface area contributed by atoms with Gasteiger partial charge in [0, 0.05) is 12.4 Å². The molecule has 0 unspecified atom stereocenters. The molecule has 2 aromatic rings. The molecule has 2 aromatic heterocycles. The average molecular weight is 211 g/mol. The number of aromatic nitrogens is 3. The zero-order valence-electron chi connectivity index (χ0n) is 9.00. The highest BCUT2D eigenvalue weighted by atomic mass is 15.1. The van der Waals surface area contributed by atoms with Gasteiger partial charge in [0.2, 0.25) is 0 Å². The maximum atomic E-state index is 4.08. The number of pyridine rings is 1. The summed E-state index contributed by atoms with van der Waals surface area (Å²) in [5, 5.41) is 8.02. The van der Waals surface area contributed by atoms with E-state index in [0.29, 0.717) is 0 Å². The lowest BCUT2D eigenvalue weighted by atomic mass is 10.1. The fourth-order valence-corrected chi connectivity index (χ4v) is 1.48. The molecule has 0 aliphatic rings. The van der Waals surface area contributed by atoms with Gasteiger partial charge in [-0.1, -0.05) is 18.7 Å². The number of hydrogen-bond donors (Lipinski definition) is 0. The molecule has 2 rings (SSSR count). The Kier molecular flexibility index (Phi) is 3.38. The van der Waals surface area contributed by atoms with Crippen molar-refractivity contribution < 1.29 is 0 Å². The lowest BCUT2D eigenvalue weighted by Crippen LogP contribution is -1.97. The Morgan fingerprint density at radius 3 is 2.94 bits per heavy atom. The first kappa shape index (κ1) is 10.5. The predicted molar refractivity (Wildman–Crippen MR) is 63.8 cm³/mol. The van der Waals surface area contributed by atoms with Crippen molar-refractivity contribution >= 4 is 6.08 Å². The van der Waals surface area contributed by atoms with Gasteiger partial charge in [-0.2, -0.15) is 10.2 Å². The van der Waals surface area contributed by atoms with Crippen LogP contribution in [0.5, 0.6) is 0 Å². The van der Waals surface area contributed by atoms with Crippen LogP contribution in [-0.2, 0) is 12.8 Å². The minimum Gasteiger partial charge on any atom is -0.264 e. The summed E-state index contributed by atoms with van der Waals surface area (Å²) in [6.45, 7) is 3.71. The van der Waals surface area contributed by atoms with Gasteiger partial charge in [-0.25, -0.2) is 0 Å². The van der Waals surface area contributed by atoms with E-state index >= 15 is 0 Å². The monoisotopic (exact) mass is 211 g/mol. The van der Waals surface area contributed by atoms with Crippen LogP contribution in [-0.4, -0.2) is 15.2 Å². The molecule has 0 aliphatic carbocycles. The van der Waals surface area contributed by atoms with Crippen molar-refractivity contribution in [2.24, 2.45) is 0 Å². The van der Waals surface area contributed by atoms with E-state index in [0.717, 1.165) is 24.1 Å². The summed E-state index contributed by atoms with van der Waals surface area (Å²) in [5.41, 5.74) is 3.21. The van der Waals surface area contributed by atoms with E-state index in [1.807, 2.05) is 18.3 Å². The van der Waals surface area contributed by atoms with Crippen LogP contribution in [0.3, 0.4) is 0 Å². The standard InChI is InChI=1S/C13H13N3/c1-2-11-8-13(16-15-10-11)6-5-12-4-3-7-14-9-12/h2-4,7-10H,1,5-6H2. The minimum atomic E-state index is 0.875. The third-order valence-corrected chi connectivity index (χ3v) is 2.35. The fraction of sp³-hybridized carbons (Fsp3) is 0.154. The van der Waals surface area contributed by atoms with Gasteiger partial charge < -0.3 is 0 Å². The Bertz CT molecular complexity index is 466. The molecule has 0 bridgehead atoms. The zero-order valence-corrected chi connectivity index (χ0v) is 9.00. The Morgan fingerprint density at radius 2 is 2.19 bits per heavy atom. The summed E-state index contributed by atoms with van der Waals surface area (Å²) < 4.78 is 0. The molecule has 0 saturated heterocycles. The molecule has 0 saturated carbocycles. The van der Waals surface area contributed by atoms with Crippen molar-refractivity contribution in [3.05, 3.63) is 60.2 Å². The summed E-state index contributed by atoms with van der Waals surface area (Å²) in [6.07, 6.45) is 8.96. The third kappa shape index (κ3) is 2.73. The van der Waals surface area contributed by atoms with E-state index in [-0.39, 0.29) is 0 Å². The maximum Gasteiger partial charge on any atom is 0.0640 e. The maximum absolute atomic E-state index is 4.08. The summed E-state index contributed by atoms with van der Waals surface area (Å²) in [6, 6.07) is 6.02. The van der Waals surface area contributed by atoms with Crippen LogP contribution in [0.2, 0.25) is 0 Å². The van der Waals surface area contributed by atoms with Crippen LogP contribution >= 0.6 is 0 Å². The first-order chi connectivity index (χ1) is 7.88. The van der Waals surface area contributed by atoms with E-state index < -0.39 is 0 Å². The predicted octanol–water partition coefficient (Wildman–Crippen LogP) is 2.30. The molecule has 3 heteroatoms. The molecule has 0 N–H and O–H groups in total. The second-order valence-electron chi connectivity index (χ2n) is 3.55. The normalized spacial score (nSPS) is 10.0. The average Bonchev–Trinajstić information content (AvgIpc) is 2.38. The first-order valence-corrected chi connectivity index (χ1v) is 5.21. The fourth-order valence-electron chi connectivity index (χ4n) is 1.48. The molecule has 0 fully saturated rings. The summed E-state index contributed by atoms with van der Waals surface area (Å²) in [5.74, 6) is 0. The number of hydrogen-bond acceptors (Lipinski definition) is 3. The lowest BCUT2D eigenvalue weighted by Gasteiger charge is -2.00. The molecule has 0 spiro atoms.